The van der Waals surface area contributed by atoms with E-state index in [2.05, 4.69) is 29.2 Å². The van der Waals surface area contributed by atoms with E-state index >= 15 is 0 Å². The topological polar surface area (TPSA) is 38.9 Å². The van der Waals surface area contributed by atoms with Gasteiger partial charge in [0, 0.05) is 12.1 Å². The highest BCUT2D eigenvalue weighted by Gasteiger charge is 2.04. The molecule has 0 aliphatic carbocycles. The van der Waals surface area contributed by atoms with Gasteiger partial charge in [-0.1, -0.05) is 30.3 Å². The molecule has 0 radical (unpaired) electrons. The van der Waals surface area contributed by atoms with Gasteiger partial charge >= 0.3 is 0 Å². The molecule has 3 rings (SSSR count). The molecule has 0 fully saturated rings. The SMILES string of the molecule is Cl.Cl.Cl.Nc1ccc2sc(Cc3ccccc3)nc2c1. The fourth-order valence-electron chi connectivity index (χ4n) is 1.84. The monoisotopic (exact) mass is 348 g/mol. The highest BCUT2D eigenvalue weighted by atomic mass is 35.5. The standard InChI is InChI=1S/C14H12N2S.3ClH/c15-11-6-7-13-12(9-11)16-14(17-13)8-10-4-2-1-3-5-10;;;/h1-7,9H,8,15H2;3*1H. The molecule has 0 spiro atoms. The zero-order chi connectivity index (χ0) is 11.7. The van der Waals surface area contributed by atoms with Gasteiger partial charge in [0.15, 0.2) is 0 Å². The van der Waals surface area contributed by atoms with Crippen molar-refractivity contribution in [1.82, 2.24) is 4.98 Å². The number of thiazole rings is 1. The molecule has 2 nitrogen and oxygen atoms in total. The van der Waals surface area contributed by atoms with Gasteiger partial charge in [0.2, 0.25) is 0 Å². The van der Waals surface area contributed by atoms with Crippen molar-refractivity contribution in [2.45, 2.75) is 6.42 Å². The molecule has 6 heteroatoms. The Hall–Kier alpha value is -1.00. The van der Waals surface area contributed by atoms with Crippen molar-refractivity contribution in [2.75, 3.05) is 5.73 Å². The van der Waals surface area contributed by atoms with Crippen LogP contribution in [0.5, 0.6) is 0 Å². The van der Waals surface area contributed by atoms with Crippen LogP contribution in [0.3, 0.4) is 0 Å². The lowest BCUT2D eigenvalue weighted by molar-refractivity contribution is 1.16. The van der Waals surface area contributed by atoms with E-state index in [1.54, 1.807) is 11.3 Å². The van der Waals surface area contributed by atoms with Crippen LogP contribution in [0.25, 0.3) is 10.2 Å². The number of nitrogens with two attached hydrogens (primary N) is 1. The van der Waals surface area contributed by atoms with Crippen LogP contribution < -0.4 is 5.73 Å². The molecule has 0 bridgehead atoms. The van der Waals surface area contributed by atoms with E-state index in [0.29, 0.717) is 0 Å². The second-order valence-electron chi connectivity index (χ2n) is 4.00. The summed E-state index contributed by atoms with van der Waals surface area (Å²) in [7, 11) is 0. The van der Waals surface area contributed by atoms with Crippen LogP contribution in [0.4, 0.5) is 5.69 Å². The molecule has 0 atom stereocenters. The number of anilines is 1. The average Bonchev–Trinajstić information content (AvgIpc) is 2.71. The van der Waals surface area contributed by atoms with Gasteiger partial charge < -0.3 is 5.73 Å². The summed E-state index contributed by atoms with van der Waals surface area (Å²) >= 11 is 1.73. The Morgan fingerprint density at radius 2 is 1.65 bits per heavy atom. The summed E-state index contributed by atoms with van der Waals surface area (Å²) in [6.07, 6.45) is 0.889. The van der Waals surface area contributed by atoms with Crippen molar-refractivity contribution >= 4 is 64.5 Å². The molecule has 0 aliphatic rings. The first-order chi connectivity index (χ1) is 8.31. The molecule has 0 saturated heterocycles. The Morgan fingerprint density at radius 3 is 2.35 bits per heavy atom. The second-order valence-corrected chi connectivity index (χ2v) is 5.11. The Morgan fingerprint density at radius 1 is 0.950 bits per heavy atom. The summed E-state index contributed by atoms with van der Waals surface area (Å²) < 4.78 is 1.20. The molecule has 2 aromatic carbocycles. The largest absolute Gasteiger partial charge is 0.399 e. The summed E-state index contributed by atoms with van der Waals surface area (Å²) in [6.45, 7) is 0. The maximum Gasteiger partial charge on any atom is 0.0982 e. The van der Waals surface area contributed by atoms with E-state index < -0.39 is 0 Å². The van der Waals surface area contributed by atoms with Gasteiger partial charge in [-0.2, -0.15) is 0 Å². The van der Waals surface area contributed by atoms with Crippen LogP contribution in [-0.4, -0.2) is 4.98 Å². The van der Waals surface area contributed by atoms with E-state index in [-0.39, 0.29) is 37.2 Å². The van der Waals surface area contributed by atoms with Crippen LogP contribution in [0.2, 0.25) is 0 Å². The fraction of sp³-hybridized carbons (Fsp3) is 0.0714. The van der Waals surface area contributed by atoms with Gasteiger partial charge in [-0.3, -0.25) is 0 Å². The molecule has 2 N–H and O–H groups in total. The Balaban J connectivity index is 0.00000120. The first-order valence-electron chi connectivity index (χ1n) is 5.50. The van der Waals surface area contributed by atoms with Crippen LogP contribution >= 0.6 is 48.6 Å². The van der Waals surface area contributed by atoms with E-state index in [4.69, 9.17) is 5.73 Å². The van der Waals surface area contributed by atoms with Gasteiger partial charge in [0.05, 0.1) is 15.2 Å². The minimum atomic E-state index is 0. The van der Waals surface area contributed by atoms with E-state index in [1.165, 1.54) is 10.3 Å². The van der Waals surface area contributed by atoms with Crippen molar-refractivity contribution in [2.24, 2.45) is 0 Å². The fourth-order valence-corrected chi connectivity index (χ4v) is 2.82. The van der Waals surface area contributed by atoms with Crippen LogP contribution in [0.1, 0.15) is 10.6 Å². The number of halogens is 3. The van der Waals surface area contributed by atoms with Crippen LogP contribution in [0, 0.1) is 0 Å². The lowest BCUT2D eigenvalue weighted by Crippen LogP contribution is -1.86. The van der Waals surface area contributed by atoms with Gasteiger partial charge in [0.25, 0.3) is 0 Å². The molecule has 1 aromatic heterocycles. The highest BCUT2D eigenvalue weighted by molar-refractivity contribution is 7.18. The number of rotatable bonds is 2. The highest BCUT2D eigenvalue weighted by Crippen LogP contribution is 2.25. The molecule has 1 heterocycles. The zero-order valence-corrected chi connectivity index (χ0v) is 13.7. The lowest BCUT2D eigenvalue weighted by Gasteiger charge is -1.95. The normalized spacial score (nSPS) is 9.20. The van der Waals surface area contributed by atoms with Crippen LogP contribution in [0.15, 0.2) is 48.5 Å². The number of benzene rings is 2. The molecule has 0 amide bonds. The third-order valence-electron chi connectivity index (χ3n) is 2.65. The number of nitrogen functional groups attached to an aromatic ring is 1. The predicted molar refractivity (Wildman–Crippen MR) is 95.0 cm³/mol. The molecular formula is C14H15Cl3N2S. The Bertz CT molecular complexity index is 656. The summed E-state index contributed by atoms with van der Waals surface area (Å²) in [6, 6.07) is 16.3. The maximum atomic E-state index is 5.75. The first kappa shape index (κ1) is 19.0. The lowest BCUT2D eigenvalue weighted by atomic mass is 10.2. The summed E-state index contributed by atoms with van der Waals surface area (Å²) in [5.41, 5.74) is 8.81. The molecule has 3 aromatic rings. The smallest absolute Gasteiger partial charge is 0.0982 e. The van der Waals surface area contributed by atoms with Crippen molar-refractivity contribution in [3.63, 3.8) is 0 Å². The second kappa shape index (κ2) is 8.32. The Labute approximate surface area is 140 Å². The third kappa shape index (κ3) is 4.25. The summed E-state index contributed by atoms with van der Waals surface area (Å²) in [5, 5.41) is 1.14. The molecule has 20 heavy (non-hydrogen) atoms. The van der Waals surface area contributed by atoms with Gasteiger partial charge in [-0.15, -0.1) is 48.6 Å². The van der Waals surface area contributed by atoms with Crippen LogP contribution in [-0.2, 0) is 6.42 Å². The maximum absolute atomic E-state index is 5.75. The van der Waals surface area contributed by atoms with Gasteiger partial charge in [0.1, 0.15) is 0 Å². The van der Waals surface area contributed by atoms with Crippen molar-refractivity contribution in [3.05, 3.63) is 59.1 Å². The zero-order valence-electron chi connectivity index (χ0n) is 10.5. The number of fused-ring (bicyclic) bond motifs is 1. The summed E-state index contributed by atoms with van der Waals surface area (Å²) in [4.78, 5) is 4.61. The van der Waals surface area contributed by atoms with E-state index in [0.717, 1.165) is 22.6 Å². The van der Waals surface area contributed by atoms with Gasteiger partial charge in [-0.05, 0) is 23.8 Å². The molecular weight excluding hydrogens is 335 g/mol. The quantitative estimate of drug-likeness (QED) is 0.679. The third-order valence-corrected chi connectivity index (χ3v) is 3.69. The van der Waals surface area contributed by atoms with E-state index in [1.807, 2.05) is 24.3 Å². The molecule has 0 aliphatic heterocycles. The first-order valence-corrected chi connectivity index (χ1v) is 6.32. The molecule has 0 unspecified atom stereocenters. The van der Waals surface area contributed by atoms with Gasteiger partial charge in [-0.25, -0.2) is 4.98 Å². The minimum Gasteiger partial charge on any atom is -0.399 e. The Kier molecular flexibility index (Phi) is 7.91. The predicted octanol–water partition coefficient (Wildman–Crippen LogP) is 4.73. The molecule has 108 valence electrons. The number of nitrogens with zero attached hydrogens (tertiary/aromatic N) is 1. The number of hydrogen-bond donors (Lipinski definition) is 1. The van der Waals surface area contributed by atoms with Crippen molar-refractivity contribution in [3.8, 4) is 0 Å². The number of aromatic nitrogens is 1. The van der Waals surface area contributed by atoms with Crippen molar-refractivity contribution < 1.29 is 0 Å². The van der Waals surface area contributed by atoms with Crippen molar-refractivity contribution in [1.29, 1.82) is 0 Å². The summed E-state index contributed by atoms with van der Waals surface area (Å²) in [5.74, 6) is 0. The molecule has 0 saturated carbocycles. The number of hydrogen-bond acceptors (Lipinski definition) is 3. The minimum absolute atomic E-state index is 0. The average molecular weight is 350 g/mol. The van der Waals surface area contributed by atoms with E-state index in [9.17, 15) is 0 Å².